The molecule has 0 aromatic carbocycles. The Morgan fingerprint density at radius 2 is 1.94 bits per heavy atom. The van der Waals surface area contributed by atoms with Gasteiger partial charge in [-0.3, -0.25) is 19.3 Å². The van der Waals surface area contributed by atoms with Gasteiger partial charge >= 0.3 is 11.8 Å². The first kappa shape index (κ1) is 24.1. The fraction of sp³-hybridized carbons (Fsp3) is 0.409. The molecule has 0 saturated carbocycles. The van der Waals surface area contributed by atoms with E-state index in [1.807, 2.05) is 0 Å². The lowest BCUT2D eigenvalue weighted by molar-refractivity contribution is -0.0970. The fourth-order valence-electron chi connectivity index (χ4n) is 3.26. The maximum absolute atomic E-state index is 12.9. The number of methoxy groups -OCH3 is 1. The summed E-state index contributed by atoms with van der Waals surface area (Å²) in [6.45, 7) is 5.18. The highest BCUT2D eigenvalue weighted by molar-refractivity contribution is 5.77. The summed E-state index contributed by atoms with van der Waals surface area (Å²) in [5.41, 5.74) is -0.517. The zero-order chi connectivity index (χ0) is 24.3. The standard InChI is InChI=1S/C22H27N5O6/c1-22(2,3)33-20(30)25-16(19(29)32-5)10-13-6-7-14(11-24-13)27-18(28)15-8-9-23-12-17(15)26(4)21(27)31/h6-9,11-12,16,19,29H,10H2,1-5H3,(H,25,30)/t16-,19?/m0/s1. The second-order valence-corrected chi connectivity index (χ2v) is 8.47. The van der Waals surface area contributed by atoms with E-state index in [0.717, 1.165) is 4.57 Å². The lowest BCUT2D eigenvalue weighted by Gasteiger charge is -2.25. The summed E-state index contributed by atoms with van der Waals surface area (Å²) < 4.78 is 12.6. The van der Waals surface area contributed by atoms with Gasteiger partial charge in [-0.1, -0.05) is 0 Å². The van der Waals surface area contributed by atoms with Crippen LogP contribution in [0.25, 0.3) is 16.6 Å². The number of amides is 1. The Hall–Kier alpha value is -3.57. The predicted molar refractivity (Wildman–Crippen MR) is 120 cm³/mol. The molecule has 1 amide bonds. The molecule has 0 aliphatic rings. The Kier molecular flexibility index (Phi) is 6.94. The minimum absolute atomic E-state index is 0.116. The van der Waals surface area contributed by atoms with E-state index in [2.05, 4.69) is 15.3 Å². The van der Waals surface area contributed by atoms with Crippen molar-refractivity contribution in [2.45, 2.75) is 45.1 Å². The van der Waals surface area contributed by atoms with Crippen molar-refractivity contribution in [3.8, 4) is 5.69 Å². The summed E-state index contributed by atoms with van der Waals surface area (Å²) in [7, 11) is 2.87. The average Bonchev–Trinajstić information content (AvgIpc) is 2.76. The zero-order valence-corrected chi connectivity index (χ0v) is 19.1. The second kappa shape index (κ2) is 9.51. The molecule has 0 saturated heterocycles. The molecule has 0 aliphatic carbocycles. The van der Waals surface area contributed by atoms with Crippen LogP contribution in [0.15, 0.2) is 46.4 Å². The van der Waals surface area contributed by atoms with Gasteiger partial charge in [-0.25, -0.2) is 14.2 Å². The number of aliphatic hydroxyl groups is 1. The van der Waals surface area contributed by atoms with Gasteiger partial charge in [-0.05, 0) is 39.0 Å². The van der Waals surface area contributed by atoms with Crippen LogP contribution in [0.3, 0.4) is 0 Å². The lowest BCUT2D eigenvalue weighted by atomic mass is 10.1. The molecule has 3 rings (SSSR count). The van der Waals surface area contributed by atoms with Gasteiger partial charge in [-0.2, -0.15) is 0 Å². The summed E-state index contributed by atoms with van der Waals surface area (Å²) in [5, 5.41) is 13.1. The maximum Gasteiger partial charge on any atom is 0.408 e. The Balaban J connectivity index is 1.89. The summed E-state index contributed by atoms with van der Waals surface area (Å²) in [4.78, 5) is 46.1. The van der Waals surface area contributed by atoms with E-state index < -0.39 is 35.3 Å². The van der Waals surface area contributed by atoms with Crippen LogP contribution in [0, 0.1) is 0 Å². The monoisotopic (exact) mass is 457 g/mol. The van der Waals surface area contributed by atoms with Crippen LogP contribution >= 0.6 is 0 Å². The second-order valence-electron chi connectivity index (χ2n) is 8.47. The summed E-state index contributed by atoms with van der Waals surface area (Å²) in [5.74, 6) is 0. The van der Waals surface area contributed by atoms with E-state index in [9.17, 15) is 19.5 Å². The molecule has 3 heterocycles. The molecule has 176 valence electrons. The first-order chi connectivity index (χ1) is 15.5. The first-order valence-corrected chi connectivity index (χ1v) is 10.2. The highest BCUT2D eigenvalue weighted by Gasteiger charge is 2.25. The summed E-state index contributed by atoms with van der Waals surface area (Å²) in [6, 6.07) is 3.88. The van der Waals surface area contributed by atoms with Crippen LogP contribution in [0.4, 0.5) is 4.79 Å². The van der Waals surface area contributed by atoms with E-state index >= 15 is 0 Å². The molecule has 11 heteroatoms. The minimum atomic E-state index is -1.30. The van der Waals surface area contributed by atoms with Crippen molar-refractivity contribution in [3.63, 3.8) is 0 Å². The van der Waals surface area contributed by atoms with Gasteiger partial charge in [0.1, 0.15) is 5.60 Å². The van der Waals surface area contributed by atoms with Gasteiger partial charge in [0, 0.05) is 32.5 Å². The van der Waals surface area contributed by atoms with E-state index in [1.165, 1.54) is 30.3 Å². The normalized spacial score (nSPS) is 13.5. The number of carbonyl (C=O) groups is 1. The topological polar surface area (TPSA) is 138 Å². The van der Waals surface area contributed by atoms with E-state index in [0.29, 0.717) is 16.6 Å². The van der Waals surface area contributed by atoms with Gasteiger partial charge < -0.3 is 19.9 Å². The van der Waals surface area contributed by atoms with Crippen LogP contribution in [-0.4, -0.2) is 55.3 Å². The van der Waals surface area contributed by atoms with Crippen molar-refractivity contribution < 1.29 is 19.4 Å². The van der Waals surface area contributed by atoms with Crippen molar-refractivity contribution in [2.24, 2.45) is 7.05 Å². The average molecular weight is 457 g/mol. The zero-order valence-electron chi connectivity index (χ0n) is 19.1. The number of fused-ring (bicyclic) bond motifs is 1. The molecule has 2 atom stereocenters. The molecule has 33 heavy (non-hydrogen) atoms. The SMILES string of the molecule is COC(O)[C@H](Cc1ccc(-n2c(=O)c3ccncc3n(C)c2=O)cn1)NC(=O)OC(C)(C)C. The number of ether oxygens (including phenoxy) is 2. The van der Waals surface area contributed by atoms with E-state index in [-0.39, 0.29) is 12.1 Å². The van der Waals surface area contributed by atoms with Gasteiger partial charge in [-0.15, -0.1) is 0 Å². The van der Waals surface area contributed by atoms with Crippen LogP contribution in [-0.2, 0) is 22.9 Å². The third kappa shape index (κ3) is 5.44. The molecule has 0 fully saturated rings. The van der Waals surface area contributed by atoms with Crippen molar-refractivity contribution in [1.29, 1.82) is 0 Å². The number of alkyl carbamates (subject to hydrolysis) is 1. The predicted octanol–water partition coefficient (Wildman–Crippen LogP) is 0.880. The van der Waals surface area contributed by atoms with E-state index in [4.69, 9.17) is 9.47 Å². The fourth-order valence-corrected chi connectivity index (χ4v) is 3.26. The Labute approximate surface area is 189 Å². The molecule has 0 radical (unpaired) electrons. The van der Waals surface area contributed by atoms with Gasteiger partial charge in [0.05, 0.1) is 35.0 Å². The minimum Gasteiger partial charge on any atom is -0.444 e. The number of nitrogens with one attached hydrogen (secondary N) is 1. The van der Waals surface area contributed by atoms with Crippen LogP contribution in [0.2, 0.25) is 0 Å². The first-order valence-electron chi connectivity index (χ1n) is 10.2. The molecular formula is C22H27N5O6. The summed E-state index contributed by atoms with van der Waals surface area (Å²) in [6.07, 6.45) is 2.44. The number of nitrogens with zero attached hydrogens (tertiary/aromatic N) is 4. The number of pyridine rings is 2. The van der Waals surface area contributed by atoms with E-state index in [1.54, 1.807) is 46.0 Å². The smallest absolute Gasteiger partial charge is 0.408 e. The van der Waals surface area contributed by atoms with Crippen molar-refractivity contribution in [2.75, 3.05) is 7.11 Å². The summed E-state index contributed by atoms with van der Waals surface area (Å²) >= 11 is 0. The maximum atomic E-state index is 12.9. The van der Waals surface area contributed by atoms with Crippen molar-refractivity contribution in [1.82, 2.24) is 24.4 Å². The highest BCUT2D eigenvalue weighted by atomic mass is 16.6. The number of aryl methyl sites for hydroxylation is 1. The molecule has 0 spiro atoms. The van der Waals surface area contributed by atoms with Crippen molar-refractivity contribution in [3.05, 3.63) is 63.3 Å². The molecular weight excluding hydrogens is 430 g/mol. The van der Waals surface area contributed by atoms with Crippen LogP contribution in [0.1, 0.15) is 26.5 Å². The molecule has 2 N–H and O–H groups in total. The van der Waals surface area contributed by atoms with Crippen LogP contribution < -0.4 is 16.6 Å². The largest absolute Gasteiger partial charge is 0.444 e. The Bertz CT molecular complexity index is 1260. The van der Waals surface area contributed by atoms with Crippen molar-refractivity contribution >= 4 is 17.0 Å². The third-order valence-corrected chi connectivity index (χ3v) is 4.86. The Morgan fingerprint density at radius 3 is 2.55 bits per heavy atom. The molecule has 3 aromatic heterocycles. The number of carbonyl (C=O) groups excluding carboxylic acids is 1. The quantitative estimate of drug-likeness (QED) is 0.521. The van der Waals surface area contributed by atoms with Gasteiger partial charge in [0.25, 0.3) is 5.56 Å². The molecule has 11 nitrogen and oxygen atoms in total. The van der Waals surface area contributed by atoms with Crippen LogP contribution in [0.5, 0.6) is 0 Å². The highest BCUT2D eigenvalue weighted by Crippen LogP contribution is 2.12. The number of hydrogen-bond donors (Lipinski definition) is 2. The number of aromatic nitrogens is 4. The molecule has 3 aromatic rings. The molecule has 0 bridgehead atoms. The molecule has 0 aliphatic heterocycles. The Morgan fingerprint density at radius 1 is 1.21 bits per heavy atom. The van der Waals surface area contributed by atoms with Gasteiger partial charge in [0.2, 0.25) is 0 Å². The molecule has 1 unspecified atom stereocenters. The lowest BCUT2D eigenvalue weighted by Crippen LogP contribution is -2.47. The number of rotatable bonds is 6. The number of aliphatic hydroxyl groups excluding tert-OH is 1. The number of hydrogen-bond acceptors (Lipinski definition) is 8. The van der Waals surface area contributed by atoms with Gasteiger partial charge in [0.15, 0.2) is 6.29 Å². The third-order valence-electron chi connectivity index (χ3n) is 4.86.